The number of nitrogens with one attached hydrogen (secondary N) is 1. The highest BCUT2D eigenvalue weighted by Gasteiger charge is 2.05. The first-order chi connectivity index (χ1) is 9.10. The van der Waals surface area contributed by atoms with E-state index < -0.39 is 0 Å². The molecule has 106 valence electrons. The van der Waals surface area contributed by atoms with Crippen LogP contribution in [-0.2, 0) is 6.54 Å². The first-order valence-corrected chi connectivity index (χ1v) is 6.38. The largest absolute Gasteiger partial charge is 0.497 e. The Kier molecular flexibility index (Phi) is 5.99. The molecule has 0 saturated carbocycles. The third kappa shape index (κ3) is 4.69. The Balaban J connectivity index is 2.77. The van der Waals surface area contributed by atoms with Crippen molar-refractivity contribution in [3.8, 4) is 11.5 Å². The van der Waals surface area contributed by atoms with E-state index in [-0.39, 0.29) is 0 Å². The van der Waals surface area contributed by atoms with Crippen LogP contribution >= 0.6 is 0 Å². The molecule has 5 nitrogen and oxygen atoms in total. The van der Waals surface area contributed by atoms with Crippen molar-refractivity contribution in [2.75, 3.05) is 14.2 Å². The maximum atomic E-state index is 5.83. The first kappa shape index (κ1) is 15.1. The van der Waals surface area contributed by atoms with E-state index in [0.29, 0.717) is 18.5 Å². The van der Waals surface area contributed by atoms with Crippen LogP contribution in [-0.4, -0.2) is 26.2 Å². The smallest absolute Gasteiger partial charge is 0.189 e. The predicted octanol–water partition coefficient (Wildman–Crippen LogP) is 1.91. The minimum absolute atomic E-state index is 0.316. The topological polar surface area (TPSA) is 68.9 Å². The monoisotopic (exact) mass is 265 g/mol. The quantitative estimate of drug-likeness (QED) is 0.609. The van der Waals surface area contributed by atoms with Gasteiger partial charge in [0.1, 0.15) is 11.5 Å². The highest BCUT2D eigenvalue weighted by Crippen LogP contribution is 2.24. The molecule has 1 unspecified atom stereocenters. The zero-order valence-electron chi connectivity index (χ0n) is 12.1. The number of nitrogens with zero attached hydrogens (tertiary/aromatic N) is 1. The molecule has 0 bridgehead atoms. The Morgan fingerprint density at radius 3 is 2.68 bits per heavy atom. The average molecular weight is 265 g/mol. The molecule has 0 aliphatic heterocycles. The number of aliphatic imine (C=N–C) groups is 1. The normalized spacial score (nSPS) is 12.9. The molecule has 0 aliphatic rings. The Morgan fingerprint density at radius 1 is 1.37 bits per heavy atom. The second-order valence-corrected chi connectivity index (χ2v) is 4.33. The summed E-state index contributed by atoms with van der Waals surface area (Å²) in [6.45, 7) is 4.61. The fourth-order valence-electron chi connectivity index (χ4n) is 1.58. The van der Waals surface area contributed by atoms with Crippen LogP contribution in [0.25, 0.3) is 0 Å². The molecule has 1 atom stereocenters. The molecule has 1 rings (SSSR count). The summed E-state index contributed by atoms with van der Waals surface area (Å²) in [6, 6.07) is 5.93. The van der Waals surface area contributed by atoms with Crippen LogP contribution in [0.4, 0.5) is 0 Å². The Bertz CT molecular complexity index is 433. The van der Waals surface area contributed by atoms with E-state index in [1.807, 2.05) is 18.2 Å². The summed E-state index contributed by atoms with van der Waals surface area (Å²) in [5.41, 5.74) is 6.77. The standard InChI is InChI=1S/C14H23N3O2/c1-5-10(2)17-14(15)16-9-11-8-12(18-3)6-7-13(11)19-4/h6-8,10H,5,9H2,1-4H3,(H3,15,16,17). The number of guanidine groups is 1. The van der Waals surface area contributed by atoms with Gasteiger partial charge in [-0.05, 0) is 31.5 Å². The second kappa shape index (κ2) is 7.51. The number of methoxy groups -OCH3 is 2. The summed E-state index contributed by atoms with van der Waals surface area (Å²) < 4.78 is 10.5. The van der Waals surface area contributed by atoms with Crippen molar-refractivity contribution in [3.63, 3.8) is 0 Å². The molecule has 0 heterocycles. The summed E-state index contributed by atoms with van der Waals surface area (Å²) in [6.07, 6.45) is 0.999. The molecule has 3 N–H and O–H groups in total. The number of hydrogen-bond donors (Lipinski definition) is 2. The molecule has 0 aliphatic carbocycles. The van der Waals surface area contributed by atoms with Crippen molar-refractivity contribution in [2.45, 2.75) is 32.9 Å². The van der Waals surface area contributed by atoms with Crippen molar-refractivity contribution in [1.82, 2.24) is 5.32 Å². The van der Waals surface area contributed by atoms with Gasteiger partial charge in [-0.15, -0.1) is 0 Å². The zero-order valence-corrected chi connectivity index (χ0v) is 12.1. The fourth-order valence-corrected chi connectivity index (χ4v) is 1.58. The van der Waals surface area contributed by atoms with E-state index in [9.17, 15) is 0 Å². The molecule has 19 heavy (non-hydrogen) atoms. The van der Waals surface area contributed by atoms with Gasteiger partial charge in [0, 0.05) is 11.6 Å². The Hall–Kier alpha value is -1.91. The minimum Gasteiger partial charge on any atom is -0.497 e. The first-order valence-electron chi connectivity index (χ1n) is 6.38. The molecule has 5 heteroatoms. The summed E-state index contributed by atoms with van der Waals surface area (Å²) in [7, 11) is 3.27. The fraction of sp³-hybridized carbons (Fsp3) is 0.500. The summed E-state index contributed by atoms with van der Waals surface area (Å²) in [5.74, 6) is 2.00. The summed E-state index contributed by atoms with van der Waals surface area (Å²) in [5, 5.41) is 3.12. The molecule has 0 amide bonds. The number of ether oxygens (including phenoxy) is 2. The van der Waals surface area contributed by atoms with Crippen molar-refractivity contribution >= 4 is 5.96 Å². The van der Waals surface area contributed by atoms with Gasteiger partial charge in [0.2, 0.25) is 0 Å². The van der Waals surface area contributed by atoms with Gasteiger partial charge in [-0.1, -0.05) is 6.92 Å². The van der Waals surface area contributed by atoms with Crippen molar-refractivity contribution < 1.29 is 9.47 Å². The number of hydrogen-bond acceptors (Lipinski definition) is 3. The van der Waals surface area contributed by atoms with Gasteiger partial charge in [-0.3, -0.25) is 0 Å². The molecule has 0 fully saturated rings. The lowest BCUT2D eigenvalue weighted by atomic mass is 10.2. The van der Waals surface area contributed by atoms with Gasteiger partial charge in [0.15, 0.2) is 5.96 Å². The van der Waals surface area contributed by atoms with E-state index >= 15 is 0 Å². The third-order valence-corrected chi connectivity index (χ3v) is 2.91. The lowest BCUT2D eigenvalue weighted by Crippen LogP contribution is -2.38. The van der Waals surface area contributed by atoms with E-state index in [2.05, 4.69) is 24.2 Å². The van der Waals surface area contributed by atoms with E-state index in [0.717, 1.165) is 23.5 Å². The molecule has 0 aromatic heterocycles. The van der Waals surface area contributed by atoms with Gasteiger partial charge in [0.05, 0.1) is 20.8 Å². The van der Waals surface area contributed by atoms with Gasteiger partial charge in [0.25, 0.3) is 0 Å². The highest BCUT2D eigenvalue weighted by molar-refractivity contribution is 5.78. The van der Waals surface area contributed by atoms with Crippen LogP contribution in [0, 0.1) is 0 Å². The summed E-state index contributed by atoms with van der Waals surface area (Å²) >= 11 is 0. The van der Waals surface area contributed by atoms with Crippen LogP contribution < -0.4 is 20.5 Å². The molecular weight excluding hydrogens is 242 g/mol. The maximum Gasteiger partial charge on any atom is 0.189 e. The molecule has 0 radical (unpaired) electrons. The van der Waals surface area contributed by atoms with Crippen molar-refractivity contribution in [2.24, 2.45) is 10.7 Å². The number of nitrogens with two attached hydrogens (primary N) is 1. The van der Waals surface area contributed by atoms with Gasteiger partial charge < -0.3 is 20.5 Å². The van der Waals surface area contributed by atoms with Gasteiger partial charge in [-0.25, -0.2) is 4.99 Å². The molecule has 1 aromatic rings. The molecule has 0 saturated heterocycles. The van der Waals surface area contributed by atoms with Crippen molar-refractivity contribution in [3.05, 3.63) is 23.8 Å². The van der Waals surface area contributed by atoms with Gasteiger partial charge >= 0.3 is 0 Å². The van der Waals surface area contributed by atoms with Crippen LogP contribution in [0.2, 0.25) is 0 Å². The average Bonchev–Trinajstić information content (AvgIpc) is 2.44. The second-order valence-electron chi connectivity index (χ2n) is 4.33. The summed E-state index contributed by atoms with van der Waals surface area (Å²) in [4.78, 5) is 4.31. The SMILES string of the molecule is CCC(C)NC(N)=NCc1cc(OC)ccc1OC. The molecule has 0 spiro atoms. The zero-order chi connectivity index (χ0) is 14.3. The van der Waals surface area contributed by atoms with Crippen LogP contribution in [0.3, 0.4) is 0 Å². The van der Waals surface area contributed by atoms with E-state index in [4.69, 9.17) is 15.2 Å². The predicted molar refractivity (Wildman–Crippen MR) is 77.8 cm³/mol. The lowest BCUT2D eigenvalue weighted by Gasteiger charge is -2.12. The number of rotatable bonds is 6. The van der Waals surface area contributed by atoms with E-state index in [1.54, 1.807) is 14.2 Å². The molecule has 1 aromatic carbocycles. The number of benzene rings is 1. The molecular formula is C14H23N3O2. The van der Waals surface area contributed by atoms with Crippen LogP contribution in [0.1, 0.15) is 25.8 Å². The maximum absolute atomic E-state index is 5.83. The minimum atomic E-state index is 0.316. The Morgan fingerprint density at radius 2 is 2.11 bits per heavy atom. The Labute approximate surface area is 114 Å². The van der Waals surface area contributed by atoms with Crippen LogP contribution in [0.5, 0.6) is 11.5 Å². The van der Waals surface area contributed by atoms with Crippen LogP contribution in [0.15, 0.2) is 23.2 Å². The van der Waals surface area contributed by atoms with Gasteiger partial charge in [-0.2, -0.15) is 0 Å². The van der Waals surface area contributed by atoms with E-state index in [1.165, 1.54) is 0 Å². The lowest BCUT2D eigenvalue weighted by molar-refractivity contribution is 0.399. The third-order valence-electron chi connectivity index (χ3n) is 2.91. The van der Waals surface area contributed by atoms with Crippen molar-refractivity contribution in [1.29, 1.82) is 0 Å². The highest BCUT2D eigenvalue weighted by atomic mass is 16.5.